The van der Waals surface area contributed by atoms with Crippen molar-refractivity contribution in [2.24, 2.45) is 0 Å². The average Bonchev–Trinajstić information content (AvgIpc) is 2.61. The molecule has 2 aromatic heterocycles. The normalized spacial score (nSPS) is 11.6. The molecule has 0 atom stereocenters. The Labute approximate surface area is 96.9 Å². The first kappa shape index (κ1) is 11.1. The van der Waals surface area contributed by atoms with E-state index in [9.17, 15) is 8.42 Å². The van der Waals surface area contributed by atoms with Crippen LogP contribution in [0.3, 0.4) is 0 Å². The van der Waals surface area contributed by atoms with Crippen LogP contribution in [-0.4, -0.2) is 23.6 Å². The fraction of sp³-hybridized carbons (Fsp3) is 0.111. The van der Waals surface area contributed by atoms with Crippen molar-refractivity contribution in [1.29, 1.82) is 0 Å². The van der Waals surface area contributed by atoms with E-state index in [0.29, 0.717) is 11.4 Å². The van der Waals surface area contributed by atoms with Crippen molar-refractivity contribution in [3.05, 3.63) is 30.1 Å². The second-order valence-electron chi connectivity index (χ2n) is 3.18. The standard InChI is InChI=1S/C9H8ClN3O2S/c1-6-9(16(10,14)15)8(13-12-6)7-4-2-3-5-11-7/h2-5H,1H3,(H,12,13). The number of nitrogens with zero attached hydrogens (tertiary/aromatic N) is 2. The highest BCUT2D eigenvalue weighted by molar-refractivity contribution is 8.13. The quantitative estimate of drug-likeness (QED) is 0.831. The summed E-state index contributed by atoms with van der Waals surface area (Å²) in [5.41, 5.74) is 1.11. The van der Waals surface area contributed by atoms with Crippen LogP contribution < -0.4 is 0 Å². The van der Waals surface area contributed by atoms with E-state index in [1.54, 1.807) is 31.3 Å². The van der Waals surface area contributed by atoms with Gasteiger partial charge in [0.15, 0.2) is 0 Å². The van der Waals surface area contributed by atoms with Crippen LogP contribution in [0.25, 0.3) is 11.4 Å². The largest absolute Gasteiger partial charge is 0.281 e. The van der Waals surface area contributed by atoms with Gasteiger partial charge in [0.1, 0.15) is 10.6 Å². The molecule has 0 unspecified atom stereocenters. The average molecular weight is 258 g/mol. The highest BCUT2D eigenvalue weighted by atomic mass is 35.7. The van der Waals surface area contributed by atoms with Gasteiger partial charge in [0.05, 0.1) is 11.4 Å². The van der Waals surface area contributed by atoms with Gasteiger partial charge in [-0.2, -0.15) is 5.10 Å². The Morgan fingerprint density at radius 3 is 2.69 bits per heavy atom. The van der Waals surface area contributed by atoms with Gasteiger partial charge in [0.2, 0.25) is 0 Å². The number of nitrogens with one attached hydrogen (secondary N) is 1. The number of rotatable bonds is 2. The number of halogens is 1. The highest BCUT2D eigenvalue weighted by Gasteiger charge is 2.23. The minimum absolute atomic E-state index is 0.0205. The van der Waals surface area contributed by atoms with Gasteiger partial charge in [-0.3, -0.25) is 10.1 Å². The zero-order chi connectivity index (χ0) is 11.8. The fourth-order valence-electron chi connectivity index (χ4n) is 1.39. The van der Waals surface area contributed by atoms with Crippen molar-refractivity contribution < 1.29 is 8.42 Å². The number of aryl methyl sites for hydroxylation is 1. The lowest BCUT2D eigenvalue weighted by atomic mass is 10.2. The molecule has 0 bridgehead atoms. The van der Waals surface area contributed by atoms with Crippen molar-refractivity contribution in [3.63, 3.8) is 0 Å². The van der Waals surface area contributed by atoms with Crippen LogP contribution in [0.5, 0.6) is 0 Å². The van der Waals surface area contributed by atoms with Crippen LogP contribution in [-0.2, 0) is 9.05 Å². The molecule has 0 aliphatic rings. The molecule has 0 spiro atoms. The first-order valence-corrected chi connectivity index (χ1v) is 6.72. The van der Waals surface area contributed by atoms with Gasteiger partial charge in [-0.15, -0.1) is 0 Å². The molecule has 84 valence electrons. The Morgan fingerprint density at radius 2 is 2.12 bits per heavy atom. The van der Waals surface area contributed by atoms with Gasteiger partial charge < -0.3 is 0 Å². The van der Waals surface area contributed by atoms with Crippen LogP contribution in [0.15, 0.2) is 29.3 Å². The third kappa shape index (κ3) is 1.94. The molecule has 2 heterocycles. The van der Waals surface area contributed by atoms with E-state index < -0.39 is 9.05 Å². The lowest BCUT2D eigenvalue weighted by Crippen LogP contribution is -1.95. The SMILES string of the molecule is Cc1[nH]nc(-c2ccccn2)c1S(=O)(=O)Cl. The molecule has 2 aromatic rings. The molecule has 5 nitrogen and oxygen atoms in total. The van der Waals surface area contributed by atoms with E-state index in [0.717, 1.165) is 0 Å². The zero-order valence-corrected chi connectivity index (χ0v) is 9.88. The molecule has 7 heteroatoms. The monoisotopic (exact) mass is 257 g/mol. The van der Waals surface area contributed by atoms with E-state index in [-0.39, 0.29) is 10.6 Å². The van der Waals surface area contributed by atoms with E-state index in [1.807, 2.05) is 0 Å². The zero-order valence-electron chi connectivity index (χ0n) is 8.31. The third-order valence-corrected chi connectivity index (χ3v) is 3.49. The molecule has 2 rings (SSSR count). The smallest absolute Gasteiger partial charge is 0.265 e. The van der Waals surface area contributed by atoms with E-state index in [4.69, 9.17) is 10.7 Å². The maximum absolute atomic E-state index is 11.4. The summed E-state index contributed by atoms with van der Waals surface area (Å²) in [5.74, 6) is 0. The van der Waals surface area contributed by atoms with Gasteiger partial charge >= 0.3 is 0 Å². The number of H-pyrrole nitrogens is 1. The first-order chi connectivity index (χ1) is 7.50. The van der Waals surface area contributed by atoms with Crippen molar-refractivity contribution in [2.45, 2.75) is 11.8 Å². The minimum atomic E-state index is -3.83. The summed E-state index contributed by atoms with van der Waals surface area (Å²) in [6.07, 6.45) is 1.56. The summed E-state index contributed by atoms with van der Waals surface area (Å²) < 4.78 is 22.8. The molecular formula is C9H8ClN3O2S. The molecule has 0 aromatic carbocycles. The molecule has 0 saturated carbocycles. The molecule has 1 N–H and O–H groups in total. The second kappa shape index (κ2) is 3.88. The number of hydrogen-bond acceptors (Lipinski definition) is 4. The Bertz CT molecular complexity index is 607. The second-order valence-corrected chi connectivity index (χ2v) is 5.68. The maximum atomic E-state index is 11.4. The summed E-state index contributed by atoms with van der Waals surface area (Å²) in [7, 11) is 1.51. The third-order valence-electron chi connectivity index (χ3n) is 2.04. The first-order valence-electron chi connectivity index (χ1n) is 4.41. The summed E-state index contributed by atoms with van der Waals surface area (Å²) in [5, 5.41) is 6.49. The molecular weight excluding hydrogens is 250 g/mol. The number of pyridine rings is 1. The Hall–Kier alpha value is -1.40. The molecule has 0 amide bonds. The Kier molecular flexibility index (Phi) is 2.69. The summed E-state index contributed by atoms with van der Waals surface area (Å²) >= 11 is 0. The molecule has 16 heavy (non-hydrogen) atoms. The minimum Gasteiger partial charge on any atom is -0.281 e. The highest BCUT2D eigenvalue weighted by Crippen LogP contribution is 2.28. The molecule has 0 aliphatic heterocycles. The van der Waals surface area contributed by atoms with Gasteiger partial charge in [0, 0.05) is 16.9 Å². The van der Waals surface area contributed by atoms with Crippen molar-refractivity contribution in [1.82, 2.24) is 15.2 Å². The van der Waals surface area contributed by atoms with E-state index >= 15 is 0 Å². The number of aromatic nitrogens is 3. The van der Waals surface area contributed by atoms with E-state index in [1.165, 1.54) is 0 Å². The molecule has 0 fully saturated rings. The van der Waals surface area contributed by atoms with Crippen molar-refractivity contribution >= 4 is 19.7 Å². The summed E-state index contributed by atoms with van der Waals surface area (Å²) in [6, 6.07) is 5.15. The van der Waals surface area contributed by atoms with Gasteiger partial charge in [-0.25, -0.2) is 8.42 Å². The predicted molar refractivity (Wildman–Crippen MR) is 59.6 cm³/mol. The lowest BCUT2D eigenvalue weighted by molar-refractivity contribution is 0.609. The van der Waals surface area contributed by atoms with Crippen LogP contribution in [0, 0.1) is 6.92 Å². The van der Waals surface area contributed by atoms with E-state index in [2.05, 4.69) is 15.2 Å². The van der Waals surface area contributed by atoms with Gasteiger partial charge in [0.25, 0.3) is 9.05 Å². The lowest BCUT2D eigenvalue weighted by Gasteiger charge is -1.98. The van der Waals surface area contributed by atoms with Crippen LogP contribution in [0.1, 0.15) is 5.69 Å². The van der Waals surface area contributed by atoms with Crippen LogP contribution >= 0.6 is 10.7 Å². The number of hydrogen-bond donors (Lipinski definition) is 1. The van der Waals surface area contributed by atoms with Gasteiger partial charge in [-0.1, -0.05) is 6.07 Å². The van der Waals surface area contributed by atoms with Crippen molar-refractivity contribution in [3.8, 4) is 11.4 Å². The molecule has 0 saturated heterocycles. The van der Waals surface area contributed by atoms with Crippen LogP contribution in [0.2, 0.25) is 0 Å². The molecule has 0 aliphatic carbocycles. The topological polar surface area (TPSA) is 75.7 Å². The summed E-state index contributed by atoms with van der Waals surface area (Å²) in [6.45, 7) is 1.59. The maximum Gasteiger partial charge on any atom is 0.265 e. The summed E-state index contributed by atoms with van der Waals surface area (Å²) in [4.78, 5) is 4.01. The number of aromatic amines is 1. The fourth-order valence-corrected chi connectivity index (χ4v) is 2.75. The van der Waals surface area contributed by atoms with Crippen LogP contribution in [0.4, 0.5) is 0 Å². The molecule has 0 radical (unpaired) electrons. The Morgan fingerprint density at radius 1 is 1.38 bits per heavy atom. The van der Waals surface area contributed by atoms with Gasteiger partial charge in [-0.05, 0) is 19.1 Å². The predicted octanol–water partition coefficient (Wildman–Crippen LogP) is 1.71. The Balaban J connectivity index is 2.69. The van der Waals surface area contributed by atoms with Crippen molar-refractivity contribution in [2.75, 3.05) is 0 Å².